The quantitative estimate of drug-likeness (QED) is 0.788. The Morgan fingerprint density at radius 3 is 2.61 bits per heavy atom. The molecule has 0 spiro atoms. The molecule has 0 heterocycles. The number of aliphatic hydroxyl groups is 1. The maximum Gasteiger partial charge on any atom is 0.244 e. The van der Waals surface area contributed by atoms with Crippen LogP contribution in [0.3, 0.4) is 0 Å². The van der Waals surface area contributed by atoms with Gasteiger partial charge >= 0.3 is 0 Å². The van der Waals surface area contributed by atoms with Crippen LogP contribution in [-0.4, -0.2) is 30.9 Å². The van der Waals surface area contributed by atoms with E-state index in [1.807, 2.05) is 6.92 Å². The van der Waals surface area contributed by atoms with Gasteiger partial charge in [-0.2, -0.15) is 4.31 Å². The molecular formula is C13H17NO3S. The normalized spacial score (nSPS) is 11.4. The number of rotatable bonds is 6. The largest absolute Gasteiger partial charge is 0.392 e. The first-order valence-corrected chi connectivity index (χ1v) is 7.14. The Kier molecular flexibility index (Phi) is 5.35. The number of hydrogen-bond donors (Lipinski definition) is 1. The lowest BCUT2D eigenvalue weighted by Gasteiger charge is -2.20. The van der Waals surface area contributed by atoms with E-state index < -0.39 is 10.0 Å². The summed E-state index contributed by atoms with van der Waals surface area (Å²) in [6.07, 6.45) is 5.88. The second-order valence-corrected chi connectivity index (χ2v) is 5.71. The molecule has 0 amide bonds. The van der Waals surface area contributed by atoms with Gasteiger partial charge in [0.2, 0.25) is 10.0 Å². The summed E-state index contributed by atoms with van der Waals surface area (Å²) in [4.78, 5) is 0.121. The molecule has 1 N–H and O–H groups in total. The van der Waals surface area contributed by atoms with E-state index in [0.717, 1.165) is 0 Å². The SMILES string of the molecule is C#CCN(CCC)S(=O)(=O)c1ccccc1CO. The van der Waals surface area contributed by atoms with E-state index in [2.05, 4.69) is 5.92 Å². The van der Waals surface area contributed by atoms with E-state index in [0.29, 0.717) is 18.5 Å². The minimum atomic E-state index is -3.64. The van der Waals surface area contributed by atoms with Crippen molar-refractivity contribution in [2.24, 2.45) is 0 Å². The van der Waals surface area contributed by atoms with E-state index in [-0.39, 0.29) is 18.0 Å². The maximum atomic E-state index is 12.4. The van der Waals surface area contributed by atoms with E-state index in [1.54, 1.807) is 18.2 Å². The van der Waals surface area contributed by atoms with Crippen molar-refractivity contribution in [2.75, 3.05) is 13.1 Å². The van der Waals surface area contributed by atoms with Crippen molar-refractivity contribution >= 4 is 10.0 Å². The molecule has 0 aromatic heterocycles. The second kappa shape index (κ2) is 6.55. The summed E-state index contributed by atoms with van der Waals surface area (Å²) in [5.41, 5.74) is 0.385. The Bertz CT molecular complexity index is 531. The van der Waals surface area contributed by atoms with Crippen molar-refractivity contribution in [1.29, 1.82) is 0 Å². The van der Waals surface area contributed by atoms with E-state index in [4.69, 9.17) is 6.42 Å². The van der Waals surface area contributed by atoms with Gasteiger partial charge in [0.25, 0.3) is 0 Å². The van der Waals surface area contributed by atoms with Gasteiger partial charge in [0, 0.05) is 6.54 Å². The molecule has 0 unspecified atom stereocenters. The Morgan fingerprint density at radius 1 is 1.39 bits per heavy atom. The number of benzene rings is 1. The smallest absolute Gasteiger partial charge is 0.244 e. The molecule has 0 atom stereocenters. The summed E-state index contributed by atoms with van der Waals surface area (Å²) in [6, 6.07) is 6.40. The fourth-order valence-electron chi connectivity index (χ4n) is 1.66. The zero-order valence-electron chi connectivity index (χ0n) is 10.3. The zero-order chi connectivity index (χ0) is 13.6. The zero-order valence-corrected chi connectivity index (χ0v) is 11.2. The van der Waals surface area contributed by atoms with Crippen molar-refractivity contribution in [1.82, 2.24) is 4.31 Å². The molecule has 0 aliphatic rings. The monoisotopic (exact) mass is 267 g/mol. The molecular weight excluding hydrogens is 250 g/mol. The maximum absolute atomic E-state index is 12.4. The van der Waals surface area contributed by atoms with Crippen LogP contribution >= 0.6 is 0 Å². The van der Waals surface area contributed by atoms with Crippen LogP contribution in [0, 0.1) is 12.3 Å². The summed E-state index contributed by atoms with van der Waals surface area (Å²) in [5, 5.41) is 9.20. The van der Waals surface area contributed by atoms with E-state index in [9.17, 15) is 13.5 Å². The Balaban J connectivity index is 3.22. The summed E-state index contributed by atoms with van der Waals surface area (Å²) in [5.74, 6) is 2.35. The van der Waals surface area contributed by atoms with Gasteiger partial charge in [-0.3, -0.25) is 0 Å². The van der Waals surface area contributed by atoms with Crippen LogP contribution in [0.5, 0.6) is 0 Å². The fraction of sp³-hybridized carbons (Fsp3) is 0.385. The van der Waals surface area contributed by atoms with Gasteiger partial charge in [-0.05, 0) is 18.1 Å². The van der Waals surface area contributed by atoms with Crippen molar-refractivity contribution in [2.45, 2.75) is 24.8 Å². The molecule has 0 saturated heterocycles. The van der Waals surface area contributed by atoms with Gasteiger partial charge in [-0.15, -0.1) is 6.42 Å². The molecule has 0 radical (unpaired) electrons. The molecule has 1 aromatic rings. The minimum absolute atomic E-state index is 0.0376. The van der Waals surface area contributed by atoms with Crippen LogP contribution in [0.2, 0.25) is 0 Å². The molecule has 0 aliphatic carbocycles. The van der Waals surface area contributed by atoms with Crippen LogP contribution in [0.15, 0.2) is 29.2 Å². The standard InChI is InChI=1S/C13H17NO3S/c1-3-9-14(10-4-2)18(16,17)13-8-6-5-7-12(13)11-15/h1,5-8,15H,4,9-11H2,2H3. The topological polar surface area (TPSA) is 57.6 Å². The van der Waals surface area contributed by atoms with Crippen LogP contribution in [0.4, 0.5) is 0 Å². The second-order valence-electron chi connectivity index (χ2n) is 3.81. The Morgan fingerprint density at radius 2 is 2.06 bits per heavy atom. The molecule has 18 heavy (non-hydrogen) atoms. The number of terminal acetylenes is 1. The summed E-state index contributed by atoms with van der Waals surface area (Å²) >= 11 is 0. The fourth-order valence-corrected chi connectivity index (χ4v) is 3.32. The summed E-state index contributed by atoms with van der Waals surface area (Å²) < 4.78 is 26.1. The lowest BCUT2D eigenvalue weighted by atomic mass is 10.2. The van der Waals surface area contributed by atoms with E-state index in [1.165, 1.54) is 10.4 Å². The third-order valence-corrected chi connectivity index (χ3v) is 4.45. The first-order valence-electron chi connectivity index (χ1n) is 5.70. The highest BCUT2D eigenvalue weighted by molar-refractivity contribution is 7.89. The van der Waals surface area contributed by atoms with Crippen LogP contribution in [0.25, 0.3) is 0 Å². The Hall–Kier alpha value is -1.35. The van der Waals surface area contributed by atoms with Gasteiger partial charge < -0.3 is 5.11 Å². The predicted molar refractivity (Wildman–Crippen MR) is 70.2 cm³/mol. The predicted octanol–water partition coefficient (Wildman–Crippen LogP) is 1.21. The molecule has 0 fully saturated rings. The Labute approximate surface area is 108 Å². The van der Waals surface area contributed by atoms with Crippen molar-refractivity contribution in [3.8, 4) is 12.3 Å². The number of hydrogen-bond acceptors (Lipinski definition) is 3. The van der Waals surface area contributed by atoms with Crippen LogP contribution < -0.4 is 0 Å². The number of sulfonamides is 1. The lowest BCUT2D eigenvalue weighted by Crippen LogP contribution is -2.32. The highest BCUT2D eigenvalue weighted by Gasteiger charge is 2.25. The third kappa shape index (κ3) is 3.10. The molecule has 5 heteroatoms. The van der Waals surface area contributed by atoms with Gasteiger partial charge in [0.15, 0.2) is 0 Å². The minimum Gasteiger partial charge on any atom is -0.392 e. The molecule has 0 saturated carbocycles. The number of nitrogens with zero attached hydrogens (tertiary/aromatic N) is 1. The van der Waals surface area contributed by atoms with Crippen molar-refractivity contribution in [3.05, 3.63) is 29.8 Å². The van der Waals surface area contributed by atoms with Crippen LogP contribution in [0.1, 0.15) is 18.9 Å². The molecule has 1 aromatic carbocycles. The first-order chi connectivity index (χ1) is 8.57. The average molecular weight is 267 g/mol. The highest BCUT2D eigenvalue weighted by Crippen LogP contribution is 2.20. The van der Waals surface area contributed by atoms with Gasteiger partial charge in [-0.1, -0.05) is 31.0 Å². The van der Waals surface area contributed by atoms with Gasteiger partial charge in [0.1, 0.15) is 0 Å². The summed E-state index contributed by atoms with van der Waals surface area (Å²) in [6.45, 7) is 1.98. The van der Waals surface area contributed by atoms with Crippen molar-refractivity contribution in [3.63, 3.8) is 0 Å². The third-order valence-electron chi connectivity index (χ3n) is 2.50. The van der Waals surface area contributed by atoms with Crippen LogP contribution in [-0.2, 0) is 16.6 Å². The molecule has 98 valence electrons. The van der Waals surface area contributed by atoms with E-state index >= 15 is 0 Å². The highest BCUT2D eigenvalue weighted by atomic mass is 32.2. The molecule has 0 aliphatic heterocycles. The molecule has 4 nitrogen and oxygen atoms in total. The lowest BCUT2D eigenvalue weighted by molar-refractivity contribution is 0.278. The summed E-state index contributed by atoms with van der Waals surface area (Å²) in [7, 11) is -3.64. The molecule has 0 bridgehead atoms. The average Bonchev–Trinajstić information content (AvgIpc) is 2.38. The first kappa shape index (κ1) is 14.7. The number of aliphatic hydroxyl groups excluding tert-OH is 1. The van der Waals surface area contributed by atoms with Gasteiger partial charge in [0.05, 0.1) is 18.0 Å². The molecule has 1 rings (SSSR count). The van der Waals surface area contributed by atoms with Crippen molar-refractivity contribution < 1.29 is 13.5 Å². The van der Waals surface area contributed by atoms with Gasteiger partial charge in [-0.25, -0.2) is 8.42 Å².